The number of nitrogens with one attached hydrogen (secondary N) is 4. The van der Waals surface area contributed by atoms with E-state index in [4.69, 9.17) is 9.94 Å². The fourth-order valence-electron chi connectivity index (χ4n) is 2.07. The summed E-state index contributed by atoms with van der Waals surface area (Å²) < 4.78 is 5.00. The second-order valence-corrected chi connectivity index (χ2v) is 6.62. The molecule has 0 saturated heterocycles. The molecule has 0 heterocycles. The zero-order valence-corrected chi connectivity index (χ0v) is 15.1. The van der Waals surface area contributed by atoms with E-state index in [-0.39, 0.29) is 30.0 Å². The average Bonchev–Trinajstić information content (AvgIpc) is 2.51. The van der Waals surface area contributed by atoms with Crippen molar-refractivity contribution in [2.24, 2.45) is 0 Å². The Bertz CT molecular complexity index is 660. The maximum Gasteiger partial charge on any atom is 0.408 e. The molecule has 2 unspecified atom stereocenters. The van der Waals surface area contributed by atoms with E-state index in [1.165, 1.54) is 12.1 Å². The number of aliphatic carboxylic acids is 1. The van der Waals surface area contributed by atoms with Gasteiger partial charge in [0.15, 0.2) is 11.4 Å². The van der Waals surface area contributed by atoms with Gasteiger partial charge in [0.2, 0.25) is 0 Å². The summed E-state index contributed by atoms with van der Waals surface area (Å²) in [6.07, 6.45) is -0.944. The zero-order chi connectivity index (χ0) is 20.8. The normalized spacial score (nSPS) is 14.8. The maximum absolute atomic E-state index is 11.7. The van der Waals surface area contributed by atoms with E-state index < -0.39 is 34.2 Å². The molecule has 1 aromatic carbocycles. The SMILES string of the molecule is CC(C)(C)OC(=O)N[C@H](CCNc1ccc([NH+]([O-])O)cc1[NH+]([O-])O)C(=O)O. The number of carboxylic acids is 1. The maximum atomic E-state index is 11.7. The molecule has 12 nitrogen and oxygen atoms in total. The number of hydrogen-bond acceptors (Lipinski definition) is 8. The van der Waals surface area contributed by atoms with E-state index in [0.717, 1.165) is 6.07 Å². The second-order valence-electron chi connectivity index (χ2n) is 6.62. The van der Waals surface area contributed by atoms with Gasteiger partial charge in [-0.05, 0) is 33.3 Å². The Morgan fingerprint density at radius 3 is 2.33 bits per heavy atom. The lowest BCUT2D eigenvalue weighted by Crippen LogP contribution is -3.00. The summed E-state index contributed by atoms with van der Waals surface area (Å²) in [6, 6.07) is 2.26. The lowest BCUT2D eigenvalue weighted by molar-refractivity contribution is -0.996. The number of hydrogen-bond donors (Lipinski definition) is 7. The van der Waals surface area contributed by atoms with E-state index in [1.54, 1.807) is 20.8 Å². The van der Waals surface area contributed by atoms with Gasteiger partial charge in [-0.2, -0.15) is 10.5 Å². The molecule has 12 heteroatoms. The minimum absolute atomic E-state index is 0.0134. The molecule has 7 N–H and O–H groups in total. The number of carbonyl (C=O) groups excluding carboxylic acids is 1. The Morgan fingerprint density at radius 2 is 1.85 bits per heavy atom. The highest BCUT2D eigenvalue weighted by Crippen LogP contribution is 2.20. The highest BCUT2D eigenvalue weighted by Gasteiger charge is 2.24. The Labute approximate surface area is 155 Å². The molecule has 0 spiro atoms. The molecule has 152 valence electrons. The Hall–Kier alpha value is -2.48. The molecular weight excluding hydrogens is 364 g/mol. The predicted octanol–water partition coefficient (Wildman–Crippen LogP) is -0.727. The molecular formula is C15H24N4O8. The van der Waals surface area contributed by atoms with Crippen LogP contribution in [0.15, 0.2) is 18.2 Å². The van der Waals surface area contributed by atoms with Crippen molar-refractivity contribution in [3.8, 4) is 0 Å². The monoisotopic (exact) mass is 388 g/mol. The van der Waals surface area contributed by atoms with Crippen LogP contribution in [0.4, 0.5) is 21.9 Å². The molecule has 1 amide bonds. The first-order valence-corrected chi connectivity index (χ1v) is 7.97. The van der Waals surface area contributed by atoms with Crippen molar-refractivity contribution in [2.75, 3.05) is 11.9 Å². The Balaban J connectivity index is 2.73. The number of quaternary nitrogens is 2. The highest BCUT2D eigenvalue weighted by molar-refractivity contribution is 5.80. The Morgan fingerprint density at radius 1 is 1.22 bits per heavy atom. The van der Waals surface area contributed by atoms with Gasteiger partial charge in [-0.15, -0.1) is 0 Å². The molecule has 0 aliphatic heterocycles. The van der Waals surface area contributed by atoms with E-state index >= 15 is 0 Å². The minimum Gasteiger partial charge on any atom is -0.595 e. The molecule has 0 aliphatic rings. The van der Waals surface area contributed by atoms with Crippen molar-refractivity contribution in [1.29, 1.82) is 0 Å². The van der Waals surface area contributed by atoms with Crippen LogP contribution in [-0.4, -0.2) is 45.8 Å². The van der Waals surface area contributed by atoms with Crippen molar-refractivity contribution in [3.05, 3.63) is 28.6 Å². The van der Waals surface area contributed by atoms with Crippen molar-refractivity contribution >= 4 is 29.1 Å². The first kappa shape index (κ1) is 22.6. The predicted molar refractivity (Wildman–Crippen MR) is 91.9 cm³/mol. The van der Waals surface area contributed by atoms with E-state index in [2.05, 4.69) is 10.6 Å². The van der Waals surface area contributed by atoms with Crippen LogP contribution in [0.3, 0.4) is 0 Å². The first-order chi connectivity index (χ1) is 12.4. The van der Waals surface area contributed by atoms with Crippen LogP contribution in [0.2, 0.25) is 0 Å². The van der Waals surface area contributed by atoms with Crippen LogP contribution in [0.5, 0.6) is 0 Å². The third-order valence-electron chi connectivity index (χ3n) is 3.23. The summed E-state index contributed by atoms with van der Waals surface area (Å²) in [5.41, 5.74) is -1.10. The number of benzene rings is 1. The van der Waals surface area contributed by atoms with Gasteiger partial charge in [0, 0.05) is 12.6 Å². The van der Waals surface area contributed by atoms with Crippen LogP contribution >= 0.6 is 0 Å². The van der Waals surface area contributed by atoms with Crippen molar-refractivity contribution in [2.45, 2.75) is 38.8 Å². The van der Waals surface area contributed by atoms with Crippen LogP contribution in [0.1, 0.15) is 27.2 Å². The highest BCUT2D eigenvalue weighted by atomic mass is 16.8. The molecule has 0 fully saturated rings. The number of amides is 1. The van der Waals surface area contributed by atoms with Gasteiger partial charge in [-0.1, -0.05) is 0 Å². The standard InChI is InChI=1S/C15H24N4O8/c1-15(2,3)27-14(22)17-11(13(20)21)6-7-16-10-5-4-9(18(23)24)8-12(10)19(25)26/h4-5,8,11,16,18-19,23,25H,6-7H2,1-3H3,(H,17,22)(H,20,21)/t11-/m1/s1. The van der Waals surface area contributed by atoms with Gasteiger partial charge in [-0.3, -0.25) is 0 Å². The van der Waals surface area contributed by atoms with E-state index in [1.807, 2.05) is 0 Å². The summed E-state index contributed by atoms with van der Waals surface area (Å²) in [5.74, 6) is -1.28. The number of ether oxygens (including phenoxy) is 1. The molecule has 0 aromatic heterocycles. The fraction of sp³-hybridized carbons (Fsp3) is 0.467. The average molecular weight is 388 g/mol. The number of rotatable bonds is 8. The smallest absolute Gasteiger partial charge is 0.408 e. The topological polar surface area (TPSA) is 183 Å². The van der Waals surface area contributed by atoms with Gasteiger partial charge in [0.1, 0.15) is 11.6 Å². The second kappa shape index (κ2) is 9.45. The number of anilines is 1. The lowest BCUT2D eigenvalue weighted by Gasteiger charge is -2.22. The number of alkyl carbamates (subject to hydrolysis) is 1. The molecule has 3 atom stereocenters. The Kier molecular flexibility index (Phi) is 7.90. The molecule has 0 saturated carbocycles. The van der Waals surface area contributed by atoms with Gasteiger partial charge >= 0.3 is 12.1 Å². The minimum atomic E-state index is -1.33. The van der Waals surface area contributed by atoms with Crippen molar-refractivity contribution in [1.82, 2.24) is 5.32 Å². The number of carboxylic acid groups (broad SMARTS) is 1. The molecule has 1 aromatic rings. The van der Waals surface area contributed by atoms with Crippen molar-refractivity contribution in [3.63, 3.8) is 0 Å². The third-order valence-corrected chi connectivity index (χ3v) is 3.23. The fourth-order valence-corrected chi connectivity index (χ4v) is 2.07. The van der Waals surface area contributed by atoms with Gasteiger partial charge in [0.25, 0.3) is 0 Å². The van der Waals surface area contributed by atoms with Crippen LogP contribution < -0.4 is 21.1 Å². The molecule has 0 radical (unpaired) electrons. The number of carbonyl (C=O) groups is 2. The van der Waals surface area contributed by atoms with Crippen molar-refractivity contribution < 1.29 is 40.3 Å². The lowest BCUT2D eigenvalue weighted by atomic mass is 10.2. The van der Waals surface area contributed by atoms with Gasteiger partial charge in [0.05, 0.1) is 11.8 Å². The summed E-state index contributed by atoms with van der Waals surface area (Å²) in [5, 5.41) is 51.9. The summed E-state index contributed by atoms with van der Waals surface area (Å²) >= 11 is 0. The first-order valence-electron chi connectivity index (χ1n) is 7.97. The summed E-state index contributed by atoms with van der Waals surface area (Å²) in [7, 11) is 0. The summed E-state index contributed by atoms with van der Waals surface area (Å²) in [6.45, 7) is 4.92. The zero-order valence-electron chi connectivity index (χ0n) is 15.1. The quantitative estimate of drug-likeness (QED) is 0.282. The van der Waals surface area contributed by atoms with Crippen LogP contribution in [0.25, 0.3) is 0 Å². The largest absolute Gasteiger partial charge is 0.595 e. The van der Waals surface area contributed by atoms with E-state index in [0.29, 0.717) is 0 Å². The van der Waals surface area contributed by atoms with Gasteiger partial charge in [-0.25, -0.2) is 20.0 Å². The van der Waals surface area contributed by atoms with E-state index in [9.17, 15) is 30.3 Å². The molecule has 0 aliphatic carbocycles. The van der Waals surface area contributed by atoms with Crippen LogP contribution in [-0.2, 0) is 9.53 Å². The molecule has 1 rings (SSSR count). The molecule has 0 bridgehead atoms. The summed E-state index contributed by atoms with van der Waals surface area (Å²) in [4.78, 5) is 23.0. The van der Waals surface area contributed by atoms with Crippen LogP contribution in [0, 0.1) is 10.4 Å². The van der Waals surface area contributed by atoms with Gasteiger partial charge < -0.3 is 30.9 Å². The molecule has 27 heavy (non-hydrogen) atoms. The third kappa shape index (κ3) is 7.74.